The normalized spacial score (nSPS) is 14.2. The lowest BCUT2D eigenvalue weighted by Gasteiger charge is -2.25. The van der Waals surface area contributed by atoms with E-state index in [1.165, 1.54) is 35.1 Å². The fourth-order valence-electron chi connectivity index (χ4n) is 5.07. The third-order valence-corrected chi connectivity index (χ3v) is 9.66. The second kappa shape index (κ2) is 16.1. The van der Waals surface area contributed by atoms with Crippen molar-refractivity contribution in [2.24, 2.45) is 4.99 Å². The maximum absolute atomic E-state index is 14.2. The van der Waals surface area contributed by atoms with Crippen LogP contribution in [0.2, 0.25) is 0 Å². The molecule has 256 valence electrons. The number of esters is 2. The zero-order chi connectivity index (χ0) is 35.2. The number of ether oxygens (including phenoxy) is 5. The highest BCUT2D eigenvalue weighted by Crippen LogP contribution is 2.37. The fraction of sp³-hybridized carbons (Fsp3) is 0.257. The van der Waals surface area contributed by atoms with Gasteiger partial charge in [0.15, 0.2) is 22.9 Å². The Morgan fingerprint density at radius 3 is 2.47 bits per heavy atom. The number of nitrogens with zero attached hydrogens (tertiary/aromatic N) is 2. The summed E-state index contributed by atoms with van der Waals surface area (Å²) in [5, 5.41) is 0. The topological polar surface area (TPSA) is 115 Å². The molecule has 0 radical (unpaired) electrons. The van der Waals surface area contributed by atoms with E-state index in [9.17, 15) is 18.8 Å². The monoisotopic (exact) mass is 864 g/mol. The van der Waals surface area contributed by atoms with Crippen LogP contribution in [0.4, 0.5) is 4.39 Å². The van der Waals surface area contributed by atoms with Crippen LogP contribution in [0.25, 0.3) is 6.08 Å². The first-order chi connectivity index (χ1) is 23.5. The van der Waals surface area contributed by atoms with Gasteiger partial charge in [-0.1, -0.05) is 29.5 Å². The Labute approximate surface area is 307 Å². The van der Waals surface area contributed by atoms with Crippen LogP contribution in [0.1, 0.15) is 43.5 Å². The number of halogens is 3. The highest BCUT2D eigenvalue weighted by molar-refractivity contribution is 14.1. The summed E-state index contributed by atoms with van der Waals surface area (Å²) >= 11 is 6.95. The lowest BCUT2D eigenvalue weighted by atomic mass is 9.95. The van der Waals surface area contributed by atoms with Gasteiger partial charge < -0.3 is 23.7 Å². The molecule has 0 saturated heterocycles. The van der Waals surface area contributed by atoms with Crippen LogP contribution >= 0.6 is 49.9 Å². The van der Waals surface area contributed by atoms with Crippen LogP contribution in [-0.2, 0) is 25.7 Å². The Morgan fingerprint density at radius 2 is 1.80 bits per heavy atom. The number of rotatable bonds is 12. The summed E-state index contributed by atoms with van der Waals surface area (Å²) in [6.45, 7) is 5.57. The van der Waals surface area contributed by atoms with Crippen molar-refractivity contribution in [3.63, 3.8) is 0 Å². The molecular formula is C35H31BrFIN2O8S. The van der Waals surface area contributed by atoms with E-state index < -0.39 is 18.0 Å². The number of carbonyl (C=O) groups excluding carboxylic acids is 2. The summed E-state index contributed by atoms with van der Waals surface area (Å²) in [5.74, 6) is -0.236. The Hall–Kier alpha value is -4.02. The van der Waals surface area contributed by atoms with Gasteiger partial charge in [-0.05, 0) is 118 Å². The van der Waals surface area contributed by atoms with Crippen molar-refractivity contribution in [2.75, 3.05) is 26.9 Å². The predicted molar refractivity (Wildman–Crippen MR) is 193 cm³/mol. The first kappa shape index (κ1) is 36.3. The second-order valence-electron chi connectivity index (χ2n) is 10.5. The van der Waals surface area contributed by atoms with Crippen LogP contribution in [-0.4, -0.2) is 43.4 Å². The second-order valence-corrected chi connectivity index (χ2v) is 13.6. The van der Waals surface area contributed by atoms with E-state index in [1.54, 1.807) is 57.2 Å². The molecular weight excluding hydrogens is 834 g/mol. The standard InChI is InChI=1S/C35H31BrFIN2O8S/c1-5-45-27-16-22(9-12-26(27)47-18-29(41)44-4)31-30(34(43)46-6-2)19(3)39-35-40(31)33(42)28(49-35)15-21-13-24(36)32(25(38)14-21)48-17-20-7-10-23(37)11-8-20/h7-16,31H,5-6,17-18H2,1-4H3/b28-15-/t31-/m1/s1. The van der Waals surface area contributed by atoms with E-state index in [-0.39, 0.29) is 36.8 Å². The van der Waals surface area contributed by atoms with E-state index in [2.05, 4.69) is 48.3 Å². The van der Waals surface area contributed by atoms with Gasteiger partial charge in [-0.2, -0.15) is 0 Å². The summed E-state index contributed by atoms with van der Waals surface area (Å²) < 4.78 is 44.2. The molecule has 0 spiro atoms. The maximum Gasteiger partial charge on any atom is 0.343 e. The molecule has 5 rings (SSSR count). The molecule has 2 heterocycles. The molecule has 1 aliphatic rings. The Balaban J connectivity index is 1.56. The highest BCUT2D eigenvalue weighted by atomic mass is 127. The third kappa shape index (κ3) is 8.24. The largest absolute Gasteiger partial charge is 0.490 e. The van der Waals surface area contributed by atoms with Crippen LogP contribution in [0, 0.1) is 9.39 Å². The molecule has 0 amide bonds. The third-order valence-electron chi connectivity index (χ3n) is 7.29. The van der Waals surface area contributed by atoms with Gasteiger partial charge in [-0.3, -0.25) is 9.36 Å². The van der Waals surface area contributed by atoms with Crippen LogP contribution in [0.5, 0.6) is 17.2 Å². The molecule has 0 fully saturated rings. The molecule has 49 heavy (non-hydrogen) atoms. The minimum absolute atomic E-state index is 0.133. The summed E-state index contributed by atoms with van der Waals surface area (Å²) in [6.07, 6.45) is 1.76. The van der Waals surface area contributed by atoms with Crippen molar-refractivity contribution in [3.05, 3.63) is 116 Å². The lowest BCUT2D eigenvalue weighted by Crippen LogP contribution is -2.40. The van der Waals surface area contributed by atoms with Crippen molar-refractivity contribution in [2.45, 2.75) is 33.4 Å². The van der Waals surface area contributed by atoms with Crippen molar-refractivity contribution in [1.82, 2.24) is 4.57 Å². The van der Waals surface area contributed by atoms with Crippen LogP contribution in [0.15, 0.2) is 80.1 Å². The molecule has 14 heteroatoms. The summed E-state index contributed by atoms with van der Waals surface area (Å²) in [6, 6.07) is 13.9. The Morgan fingerprint density at radius 1 is 1.04 bits per heavy atom. The van der Waals surface area contributed by atoms with Crippen molar-refractivity contribution >= 4 is 67.9 Å². The number of fused-ring (bicyclic) bond motifs is 1. The zero-order valence-electron chi connectivity index (χ0n) is 26.9. The average Bonchev–Trinajstić information content (AvgIpc) is 3.37. The molecule has 4 aromatic rings. The van der Waals surface area contributed by atoms with E-state index in [0.29, 0.717) is 48.9 Å². The number of aromatic nitrogens is 1. The molecule has 3 aromatic carbocycles. The van der Waals surface area contributed by atoms with Gasteiger partial charge in [-0.25, -0.2) is 19.0 Å². The zero-order valence-corrected chi connectivity index (χ0v) is 31.4. The van der Waals surface area contributed by atoms with Gasteiger partial charge in [0.1, 0.15) is 18.2 Å². The Bertz CT molecular complexity index is 2090. The predicted octanol–water partition coefficient (Wildman–Crippen LogP) is 5.83. The number of carbonyl (C=O) groups is 2. The van der Waals surface area contributed by atoms with Gasteiger partial charge >= 0.3 is 11.9 Å². The molecule has 10 nitrogen and oxygen atoms in total. The smallest absolute Gasteiger partial charge is 0.343 e. The van der Waals surface area contributed by atoms with Crippen LogP contribution < -0.4 is 29.1 Å². The number of hydrogen-bond acceptors (Lipinski definition) is 10. The summed E-state index contributed by atoms with van der Waals surface area (Å²) in [5.41, 5.74) is 2.39. The summed E-state index contributed by atoms with van der Waals surface area (Å²) in [4.78, 5) is 44.3. The molecule has 1 aliphatic heterocycles. The molecule has 0 aliphatic carbocycles. The SMILES string of the molecule is CCOC(=O)C1=C(C)N=c2s/c(=C\c3cc(Br)c(OCc4ccc(F)cc4)c(I)c3)c(=O)n2[C@@H]1c1ccc(OCC(=O)OC)c(OCC)c1. The number of methoxy groups -OCH3 is 1. The van der Waals surface area contributed by atoms with Crippen molar-refractivity contribution in [1.29, 1.82) is 0 Å². The molecule has 0 unspecified atom stereocenters. The van der Waals surface area contributed by atoms with Crippen molar-refractivity contribution in [3.8, 4) is 17.2 Å². The molecule has 0 N–H and O–H groups in total. The Kier molecular flexibility index (Phi) is 11.9. The van der Waals surface area contributed by atoms with Gasteiger partial charge in [0.2, 0.25) is 0 Å². The van der Waals surface area contributed by atoms with Gasteiger partial charge in [0.05, 0.1) is 50.2 Å². The molecule has 1 aromatic heterocycles. The summed E-state index contributed by atoms with van der Waals surface area (Å²) in [7, 11) is 1.26. The van der Waals surface area contributed by atoms with Gasteiger partial charge in [0, 0.05) is 0 Å². The molecule has 1 atom stereocenters. The minimum Gasteiger partial charge on any atom is -0.490 e. The minimum atomic E-state index is -0.888. The maximum atomic E-state index is 14.2. The number of hydrogen-bond donors (Lipinski definition) is 0. The van der Waals surface area contributed by atoms with Crippen molar-refractivity contribution < 1.29 is 37.7 Å². The molecule has 0 bridgehead atoms. The number of allylic oxidation sites excluding steroid dienone is 1. The van der Waals surface area contributed by atoms with Gasteiger partial charge in [0.25, 0.3) is 5.56 Å². The van der Waals surface area contributed by atoms with E-state index in [0.717, 1.165) is 14.7 Å². The first-order valence-electron chi connectivity index (χ1n) is 15.1. The fourth-order valence-corrected chi connectivity index (χ4v) is 7.89. The van der Waals surface area contributed by atoms with E-state index in [1.807, 2.05) is 12.1 Å². The highest BCUT2D eigenvalue weighted by Gasteiger charge is 2.34. The molecule has 0 saturated carbocycles. The quantitative estimate of drug-likeness (QED) is 0.129. The van der Waals surface area contributed by atoms with Crippen LogP contribution in [0.3, 0.4) is 0 Å². The van der Waals surface area contributed by atoms with Gasteiger partial charge in [-0.15, -0.1) is 0 Å². The van der Waals surface area contributed by atoms with E-state index in [4.69, 9.17) is 18.9 Å². The lowest BCUT2D eigenvalue weighted by molar-refractivity contribution is -0.143. The van der Waals surface area contributed by atoms with E-state index >= 15 is 0 Å². The average molecular weight is 866 g/mol. The number of thiazole rings is 1. The number of benzene rings is 3. The first-order valence-corrected chi connectivity index (χ1v) is 17.8.